The molecule has 0 aromatic heterocycles. The van der Waals surface area contributed by atoms with Gasteiger partial charge in [-0.2, -0.15) is 0 Å². The van der Waals surface area contributed by atoms with Crippen LogP contribution in [0.2, 0.25) is 0 Å². The summed E-state index contributed by atoms with van der Waals surface area (Å²) in [5, 5.41) is 41.5. The molecule has 0 radical (unpaired) electrons. The maximum absolute atomic E-state index is 11.0. The van der Waals surface area contributed by atoms with Crippen LogP contribution >= 0.6 is 0 Å². The lowest BCUT2D eigenvalue weighted by Crippen LogP contribution is -2.29. The van der Waals surface area contributed by atoms with Crippen molar-refractivity contribution in [3.05, 3.63) is 59.2 Å². The molecule has 6 atom stereocenters. The Morgan fingerprint density at radius 3 is 1.64 bits per heavy atom. The molecule has 0 unspecified atom stereocenters. The van der Waals surface area contributed by atoms with Gasteiger partial charge in [-0.15, -0.1) is 0 Å². The molecule has 2 aliphatic heterocycles. The Morgan fingerprint density at radius 1 is 0.705 bits per heavy atom. The van der Waals surface area contributed by atoms with Crippen molar-refractivity contribution < 1.29 is 58.3 Å². The van der Waals surface area contributed by atoms with E-state index in [2.05, 4.69) is 0 Å². The summed E-state index contributed by atoms with van der Waals surface area (Å²) in [6.45, 7) is 0.339. The zero-order valence-corrected chi connectivity index (χ0v) is 25.2. The molecule has 0 bridgehead atoms. The first-order chi connectivity index (χ1) is 21.3. The normalized spacial score (nSPS) is 22.2. The number of aliphatic hydroxyl groups excluding tert-OH is 2. The van der Waals surface area contributed by atoms with Gasteiger partial charge in [0.15, 0.2) is 40.6 Å². The minimum atomic E-state index is -1.27. The topological polar surface area (TPSA) is 155 Å². The zero-order chi connectivity index (χ0) is 31.5. The minimum absolute atomic E-state index is 0.00321. The molecule has 2 fully saturated rings. The van der Waals surface area contributed by atoms with E-state index in [1.807, 2.05) is 0 Å². The standard InChI is InChI=1S/C32H38O12/c1-37-22-8-16(6-7-21(22)34)28(35)27(13-33)44-32-25(40-4)11-18(12-26(32)41-5)31-20-15-42-30(19(20)14-43-31)17-9-23(38-2)29(36)24(10-17)39-3/h6-12,19-20,27-28,30-31,33-36H,13-15H2,1-5H3/t19-,20-,27-,28+,30+,31+/m0/s1. The summed E-state index contributed by atoms with van der Waals surface area (Å²) in [5.74, 6) is 1.47. The maximum Gasteiger partial charge on any atom is 0.204 e. The van der Waals surface area contributed by atoms with Gasteiger partial charge in [-0.25, -0.2) is 0 Å². The van der Waals surface area contributed by atoms with Crippen LogP contribution < -0.4 is 28.4 Å². The molecule has 12 nitrogen and oxygen atoms in total. The zero-order valence-electron chi connectivity index (χ0n) is 25.2. The molecular formula is C32H38O12. The third kappa shape index (κ3) is 5.73. The van der Waals surface area contributed by atoms with Crippen molar-refractivity contribution in [1.29, 1.82) is 0 Å². The molecule has 238 valence electrons. The Balaban J connectivity index is 1.40. The first-order valence-corrected chi connectivity index (χ1v) is 14.0. The van der Waals surface area contributed by atoms with E-state index in [9.17, 15) is 20.4 Å². The van der Waals surface area contributed by atoms with Gasteiger partial charge in [0, 0.05) is 11.8 Å². The fourth-order valence-electron chi connectivity index (χ4n) is 5.94. The van der Waals surface area contributed by atoms with Crippen LogP contribution in [-0.4, -0.2) is 81.9 Å². The summed E-state index contributed by atoms with van der Waals surface area (Å²) in [4.78, 5) is 0. The van der Waals surface area contributed by atoms with Crippen molar-refractivity contribution >= 4 is 0 Å². The third-order valence-electron chi connectivity index (χ3n) is 8.25. The predicted octanol–water partition coefficient (Wildman–Crippen LogP) is 3.69. The van der Waals surface area contributed by atoms with Crippen molar-refractivity contribution in [2.75, 3.05) is 55.4 Å². The van der Waals surface area contributed by atoms with Crippen LogP contribution in [0.3, 0.4) is 0 Å². The highest BCUT2D eigenvalue weighted by atomic mass is 16.6. The van der Waals surface area contributed by atoms with Crippen LogP contribution in [-0.2, 0) is 9.47 Å². The summed E-state index contributed by atoms with van der Waals surface area (Å²) in [6, 6.07) is 11.4. The lowest BCUT2D eigenvalue weighted by atomic mass is 9.84. The highest BCUT2D eigenvalue weighted by Gasteiger charge is 2.48. The number of hydrogen-bond acceptors (Lipinski definition) is 12. The number of fused-ring (bicyclic) bond motifs is 1. The van der Waals surface area contributed by atoms with E-state index in [0.717, 1.165) is 11.1 Å². The summed E-state index contributed by atoms with van der Waals surface area (Å²) >= 11 is 0. The predicted molar refractivity (Wildman–Crippen MR) is 156 cm³/mol. The Kier molecular flexibility index (Phi) is 9.45. The molecule has 3 aromatic rings. The van der Waals surface area contributed by atoms with Gasteiger partial charge in [-0.3, -0.25) is 0 Å². The molecule has 5 rings (SSSR count). The highest BCUT2D eigenvalue weighted by molar-refractivity contribution is 5.55. The molecule has 2 heterocycles. The summed E-state index contributed by atoms with van der Waals surface area (Å²) < 4.78 is 45.8. The van der Waals surface area contributed by atoms with Crippen LogP contribution in [0.5, 0.6) is 46.0 Å². The summed E-state index contributed by atoms with van der Waals surface area (Å²) in [6.07, 6.45) is -3.02. The second-order valence-electron chi connectivity index (χ2n) is 10.6. The molecule has 0 aliphatic carbocycles. The Hall–Kier alpha value is -4.10. The Bertz CT molecular complexity index is 1410. The lowest BCUT2D eigenvalue weighted by molar-refractivity contribution is -0.00197. The Morgan fingerprint density at radius 2 is 1.18 bits per heavy atom. The van der Waals surface area contributed by atoms with Gasteiger partial charge >= 0.3 is 0 Å². The van der Waals surface area contributed by atoms with E-state index in [1.54, 1.807) is 24.3 Å². The van der Waals surface area contributed by atoms with Crippen LogP contribution in [0.15, 0.2) is 42.5 Å². The molecule has 0 spiro atoms. The molecular weight excluding hydrogens is 576 g/mol. The lowest BCUT2D eigenvalue weighted by Gasteiger charge is -2.26. The fourth-order valence-corrected chi connectivity index (χ4v) is 5.94. The largest absolute Gasteiger partial charge is 0.504 e. The van der Waals surface area contributed by atoms with Gasteiger partial charge in [0.25, 0.3) is 0 Å². The second kappa shape index (κ2) is 13.3. The molecule has 44 heavy (non-hydrogen) atoms. The van der Waals surface area contributed by atoms with Gasteiger partial charge < -0.3 is 58.3 Å². The van der Waals surface area contributed by atoms with Crippen LogP contribution in [0.4, 0.5) is 0 Å². The number of ether oxygens (including phenoxy) is 8. The van der Waals surface area contributed by atoms with E-state index < -0.39 is 18.8 Å². The van der Waals surface area contributed by atoms with Gasteiger partial charge in [-0.1, -0.05) is 6.07 Å². The quantitative estimate of drug-likeness (QED) is 0.235. The van der Waals surface area contributed by atoms with Gasteiger partial charge in [0.2, 0.25) is 11.5 Å². The van der Waals surface area contributed by atoms with E-state index in [-0.39, 0.29) is 47.0 Å². The number of aliphatic hydroxyl groups is 2. The SMILES string of the molecule is COc1cc([C@@H](O)[C@H](CO)Oc2c(OC)cc([C@H]3OC[C@H]4[C@@H]3CO[C@@H]4c3cc(OC)c(O)c(OC)c3)cc2OC)ccc1O. The van der Waals surface area contributed by atoms with Gasteiger partial charge in [-0.05, 0) is 53.1 Å². The second-order valence-corrected chi connectivity index (χ2v) is 10.6. The molecule has 2 saturated heterocycles. The minimum Gasteiger partial charge on any atom is -0.504 e. The van der Waals surface area contributed by atoms with E-state index in [1.165, 1.54) is 53.7 Å². The van der Waals surface area contributed by atoms with Gasteiger partial charge in [0.1, 0.15) is 6.10 Å². The van der Waals surface area contributed by atoms with Crippen molar-refractivity contribution in [3.8, 4) is 46.0 Å². The number of phenols is 2. The fraction of sp³-hybridized carbons (Fsp3) is 0.438. The third-order valence-corrected chi connectivity index (χ3v) is 8.25. The number of phenolic OH excluding ortho intramolecular Hbond substituents is 2. The molecule has 12 heteroatoms. The van der Waals surface area contributed by atoms with Crippen molar-refractivity contribution in [3.63, 3.8) is 0 Å². The van der Waals surface area contributed by atoms with E-state index >= 15 is 0 Å². The summed E-state index contributed by atoms with van der Waals surface area (Å²) in [7, 11) is 7.33. The van der Waals surface area contributed by atoms with Crippen molar-refractivity contribution in [2.45, 2.75) is 24.4 Å². The van der Waals surface area contributed by atoms with Crippen LogP contribution in [0.25, 0.3) is 0 Å². The van der Waals surface area contributed by atoms with Crippen molar-refractivity contribution in [2.24, 2.45) is 11.8 Å². The first kappa shape index (κ1) is 31.3. The molecule has 0 saturated carbocycles. The molecule has 0 amide bonds. The van der Waals surface area contributed by atoms with Crippen molar-refractivity contribution in [1.82, 2.24) is 0 Å². The van der Waals surface area contributed by atoms with E-state index in [4.69, 9.17) is 37.9 Å². The molecule has 2 aliphatic rings. The number of rotatable bonds is 12. The highest BCUT2D eigenvalue weighted by Crippen LogP contribution is 2.53. The monoisotopic (exact) mass is 614 g/mol. The number of hydrogen-bond donors (Lipinski definition) is 4. The first-order valence-electron chi connectivity index (χ1n) is 14.0. The maximum atomic E-state index is 11.0. The van der Waals surface area contributed by atoms with E-state index in [0.29, 0.717) is 41.8 Å². The molecule has 4 N–H and O–H groups in total. The van der Waals surface area contributed by atoms with Gasteiger partial charge in [0.05, 0.1) is 67.6 Å². The number of aromatic hydroxyl groups is 2. The number of methoxy groups -OCH3 is 5. The average molecular weight is 615 g/mol. The smallest absolute Gasteiger partial charge is 0.204 e. The number of benzene rings is 3. The average Bonchev–Trinajstić information content (AvgIpc) is 3.66. The summed E-state index contributed by atoms with van der Waals surface area (Å²) in [5.41, 5.74) is 1.97. The molecule has 3 aromatic carbocycles. The Labute approximate surface area is 255 Å². The van der Waals surface area contributed by atoms with Crippen LogP contribution in [0.1, 0.15) is 35.0 Å². The van der Waals surface area contributed by atoms with Crippen LogP contribution in [0, 0.1) is 11.8 Å².